The number of fused-ring (bicyclic) bond motifs is 1. The molecule has 1 unspecified atom stereocenters. The first-order chi connectivity index (χ1) is 18.6. The number of aliphatic imine (C=N–C) groups is 1. The van der Waals surface area contributed by atoms with E-state index in [4.69, 9.17) is 14.7 Å². The Balaban J connectivity index is 1.58. The number of likely N-dealkylation sites (N-methyl/N-ethyl adjacent to an activating group) is 1. The van der Waals surface area contributed by atoms with Gasteiger partial charge >= 0.3 is 12.1 Å². The van der Waals surface area contributed by atoms with Crippen LogP contribution in [0.1, 0.15) is 48.8 Å². The van der Waals surface area contributed by atoms with Crippen molar-refractivity contribution in [1.82, 2.24) is 14.5 Å². The largest absolute Gasteiger partial charge is 0.486 e. The molecule has 0 saturated heterocycles. The van der Waals surface area contributed by atoms with Crippen LogP contribution in [0.2, 0.25) is 0 Å². The van der Waals surface area contributed by atoms with Gasteiger partial charge in [-0.25, -0.2) is 9.78 Å². The molecule has 11 heteroatoms. The number of aromatic nitrogens is 2. The average molecular weight is 542 g/mol. The number of benzene rings is 2. The summed E-state index contributed by atoms with van der Waals surface area (Å²) in [5.41, 5.74) is 0.472. The maximum atomic E-state index is 13.2. The fraction of sp³-hybridized carbons (Fsp3) is 0.393. The van der Waals surface area contributed by atoms with Gasteiger partial charge in [-0.15, -0.1) is 0 Å². The van der Waals surface area contributed by atoms with Crippen molar-refractivity contribution in [2.45, 2.75) is 57.7 Å². The minimum Gasteiger partial charge on any atom is -0.486 e. The summed E-state index contributed by atoms with van der Waals surface area (Å²) in [6.45, 7) is 2.28. The highest BCUT2D eigenvalue weighted by Gasteiger charge is 2.38. The lowest BCUT2D eigenvalue weighted by Gasteiger charge is -2.36. The van der Waals surface area contributed by atoms with Gasteiger partial charge in [-0.1, -0.05) is 36.8 Å². The van der Waals surface area contributed by atoms with Crippen LogP contribution in [0, 0.1) is 5.92 Å². The van der Waals surface area contributed by atoms with Crippen LogP contribution in [-0.2, 0) is 24.1 Å². The lowest BCUT2D eigenvalue weighted by molar-refractivity contribution is -0.140. The summed E-state index contributed by atoms with van der Waals surface area (Å²) in [5, 5.41) is 12.9. The normalized spacial score (nSPS) is 19.3. The fourth-order valence-corrected chi connectivity index (χ4v) is 4.87. The van der Waals surface area contributed by atoms with Gasteiger partial charge in [0, 0.05) is 13.6 Å². The molecule has 0 amide bonds. The van der Waals surface area contributed by atoms with Crippen molar-refractivity contribution in [2.24, 2.45) is 10.9 Å². The predicted octanol–water partition coefficient (Wildman–Crippen LogP) is 5.23. The Bertz CT molecular complexity index is 1350. The van der Waals surface area contributed by atoms with Gasteiger partial charge in [-0.3, -0.25) is 4.99 Å². The summed E-state index contributed by atoms with van der Waals surface area (Å²) in [7, 11) is 1.66. The molecule has 1 fully saturated rings. The number of anilines is 1. The lowest BCUT2D eigenvalue weighted by atomic mass is 9.80. The second-order valence-electron chi connectivity index (χ2n) is 9.99. The van der Waals surface area contributed by atoms with Crippen LogP contribution in [-0.4, -0.2) is 50.6 Å². The van der Waals surface area contributed by atoms with E-state index in [0.717, 1.165) is 31.4 Å². The first-order valence-corrected chi connectivity index (χ1v) is 12.9. The minimum atomic E-state index is -4.43. The standard InChI is InChI=1S/C28H30F3N5O3/c1-17(19-7-6-8-19)32-25-23-24(34-26(27(37)38)35(25)2)33-22(16-39-21-9-4-3-5-10-21)36(23)15-18-11-13-20(14-12-18)28(29,30)31/h3-5,9-14,17,19,26,34H,6-8,15-16H2,1-2H3,(H,37,38)/t17?,26-/m0/s1. The van der Waals surface area contributed by atoms with Crippen LogP contribution >= 0.6 is 0 Å². The number of imidazole rings is 1. The molecule has 1 aliphatic heterocycles. The molecular formula is C28H30F3N5O3. The number of hydrogen-bond donors (Lipinski definition) is 2. The first kappa shape index (κ1) is 26.6. The molecule has 39 heavy (non-hydrogen) atoms. The minimum absolute atomic E-state index is 0.0324. The average Bonchev–Trinajstić information content (AvgIpc) is 3.20. The SMILES string of the molecule is CC(N=C1c2c(nc(COc3ccccc3)n2Cc2ccc(C(F)(F)F)cc2)N[C@H](C(=O)O)N1C)C1CCC1. The zero-order valence-corrected chi connectivity index (χ0v) is 21.7. The fourth-order valence-electron chi connectivity index (χ4n) is 4.87. The highest BCUT2D eigenvalue weighted by atomic mass is 19.4. The number of ether oxygens (including phenoxy) is 1. The van der Waals surface area contributed by atoms with Crippen LogP contribution in [0.5, 0.6) is 5.75 Å². The Labute approximate surface area is 224 Å². The van der Waals surface area contributed by atoms with Crippen LogP contribution in [0.3, 0.4) is 0 Å². The molecule has 2 atom stereocenters. The Kier molecular flexibility index (Phi) is 7.24. The molecule has 5 rings (SSSR count). The summed E-state index contributed by atoms with van der Waals surface area (Å²) < 4.78 is 47.3. The third kappa shape index (κ3) is 5.57. The number of carboxylic acid groups (broad SMARTS) is 1. The highest BCUT2D eigenvalue weighted by Crippen LogP contribution is 2.34. The zero-order chi connectivity index (χ0) is 27.7. The van der Waals surface area contributed by atoms with Gasteiger partial charge in [0.25, 0.3) is 0 Å². The first-order valence-electron chi connectivity index (χ1n) is 12.9. The molecule has 3 aromatic rings. The van der Waals surface area contributed by atoms with E-state index in [1.54, 1.807) is 11.9 Å². The molecule has 1 saturated carbocycles. The van der Waals surface area contributed by atoms with E-state index in [9.17, 15) is 23.1 Å². The highest BCUT2D eigenvalue weighted by molar-refractivity contribution is 6.06. The third-order valence-electron chi connectivity index (χ3n) is 7.38. The van der Waals surface area contributed by atoms with Crippen LogP contribution in [0.25, 0.3) is 0 Å². The van der Waals surface area contributed by atoms with Gasteiger partial charge in [0.15, 0.2) is 11.7 Å². The van der Waals surface area contributed by atoms with Crippen molar-refractivity contribution < 1.29 is 27.8 Å². The Morgan fingerprint density at radius 1 is 1.18 bits per heavy atom. The molecule has 1 aromatic heterocycles. The second kappa shape index (κ2) is 10.6. The number of hydrogen-bond acceptors (Lipinski definition) is 5. The van der Waals surface area contributed by atoms with Crippen LogP contribution in [0.4, 0.5) is 19.0 Å². The van der Waals surface area contributed by atoms with Gasteiger partial charge in [0.1, 0.15) is 23.9 Å². The smallest absolute Gasteiger partial charge is 0.416 e. The number of halogens is 3. The molecular weight excluding hydrogens is 511 g/mol. The Hall–Kier alpha value is -4.02. The van der Waals surface area contributed by atoms with E-state index in [0.29, 0.717) is 40.4 Å². The summed E-state index contributed by atoms with van der Waals surface area (Å²) >= 11 is 0. The number of nitrogens with one attached hydrogen (secondary N) is 1. The number of carbonyl (C=O) groups is 1. The van der Waals surface area contributed by atoms with Gasteiger partial charge in [-0.05, 0) is 55.5 Å². The Morgan fingerprint density at radius 2 is 1.87 bits per heavy atom. The van der Waals surface area contributed by atoms with E-state index in [2.05, 4.69) is 5.32 Å². The van der Waals surface area contributed by atoms with Crippen molar-refractivity contribution >= 4 is 17.6 Å². The van der Waals surface area contributed by atoms with Gasteiger partial charge in [-0.2, -0.15) is 13.2 Å². The van der Waals surface area contributed by atoms with E-state index >= 15 is 0 Å². The van der Waals surface area contributed by atoms with Crippen molar-refractivity contribution in [3.8, 4) is 5.75 Å². The molecule has 1 aliphatic carbocycles. The van der Waals surface area contributed by atoms with Crippen molar-refractivity contribution in [3.05, 3.63) is 77.2 Å². The molecule has 0 radical (unpaired) electrons. The van der Waals surface area contributed by atoms with E-state index in [1.807, 2.05) is 41.8 Å². The summed E-state index contributed by atoms with van der Waals surface area (Å²) in [4.78, 5) is 23.4. The number of carboxylic acids is 1. The topological polar surface area (TPSA) is 92.0 Å². The summed E-state index contributed by atoms with van der Waals surface area (Å²) in [6.07, 6.45) is -2.24. The molecule has 2 aliphatic rings. The van der Waals surface area contributed by atoms with Gasteiger partial charge in [0.05, 0.1) is 11.6 Å². The van der Waals surface area contributed by atoms with E-state index in [-0.39, 0.29) is 19.2 Å². The van der Waals surface area contributed by atoms with E-state index < -0.39 is 23.9 Å². The number of amidine groups is 1. The summed E-state index contributed by atoms with van der Waals surface area (Å²) in [6, 6.07) is 14.1. The molecule has 0 bridgehead atoms. The Morgan fingerprint density at radius 3 is 2.46 bits per heavy atom. The van der Waals surface area contributed by atoms with Gasteiger partial charge in [0.2, 0.25) is 6.17 Å². The monoisotopic (exact) mass is 541 g/mol. The van der Waals surface area contributed by atoms with Crippen molar-refractivity contribution in [2.75, 3.05) is 12.4 Å². The van der Waals surface area contributed by atoms with Crippen LogP contribution in [0.15, 0.2) is 59.6 Å². The lowest BCUT2D eigenvalue weighted by Crippen LogP contribution is -2.52. The third-order valence-corrected chi connectivity index (χ3v) is 7.38. The van der Waals surface area contributed by atoms with Crippen molar-refractivity contribution in [3.63, 3.8) is 0 Å². The number of para-hydroxylation sites is 1. The van der Waals surface area contributed by atoms with E-state index in [1.165, 1.54) is 12.1 Å². The maximum Gasteiger partial charge on any atom is 0.416 e. The molecule has 2 aromatic carbocycles. The number of alkyl halides is 3. The molecule has 8 nitrogen and oxygen atoms in total. The van der Waals surface area contributed by atoms with Gasteiger partial charge < -0.3 is 24.6 Å². The van der Waals surface area contributed by atoms with Crippen molar-refractivity contribution in [1.29, 1.82) is 0 Å². The summed E-state index contributed by atoms with van der Waals surface area (Å²) in [5.74, 6) is 1.27. The zero-order valence-electron chi connectivity index (χ0n) is 21.7. The molecule has 2 heterocycles. The molecule has 206 valence electrons. The maximum absolute atomic E-state index is 13.2. The quantitative estimate of drug-likeness (QED) is 0.406. The number of rotatable bonds is 8. The molecule has 2 N–H and O–H groups in total. The number of nitrogens with zero attached hydrogens (tertiary/aromatic N) is 4. The van der Waals surface area contributed by atoms with Crippen LogP contribution < -0.4 is 10.1 Å². The predicted molar refractivity (Wildman–Crippen MR) is 140 cm³/mol. The molecule has 0 spiro atoms. The second-order valence-corrected chi connectivity index (χ2v) is 9.99. The number of aliphatic carboxylic acids is 1.